The van der Waals surface area contributed by atoms with Crippen molar-refractivity contribution >= 4 is 62.9 Å². The minimum Gasteiger partial charge on any atom is -0.453 e. The molecule has 1 unspecified atom stereocenters. The second-order valence-corrected chi connectivity index (χ2v) is 19.6. The maximum atomic E-state index is 15.7. The van der Waals surface area contributed by atoms with Gasteiger partial charge in [0, 0.05) is 81.5 Å². The number of urea groups is 1. The smallest absolute Gasteiger partial charge is 0.329 e. The van der Waals surface area contributed by atoms with Crippen LogP contribution < -0.4 is 30.1 Å². The maximum Gasteiger partial charge on any atom is 0.329 e. The molecule has 6 aliphatic rings. The Hall–Kier alpha value is -5.81. The predicted octanol–water partition coefficient (Wildman–Crippen LogP) is 6.38. The maximum absolute atomic E-state index is 15.7. The van der Waals surface area contributed by atoms with Crippen LogP contribution in [0.15, 0.2) is 53.6 Å². The highest BCUT2D eigenvalue weighted by Crippen LogP contribution is 2.53. The number of likely N-dealkylation sites (tertiary alicyclic amines) is 1. The van der Waals surface area contributed by atoms with Gasteiger partial charge in [0.25, 0.3) is 5.56 Å². The van der Waals surface area contributed by atoms with Crippen LogP contribution in [0.2, 0.25) is 0 Å². The summed E-state index contributed by atoms with van der Waals surface area (Å²) in [6.45, 7) is 5.28. The number of nitrogens with one attached hydrogen (secondary N) is 2. The molecule has 338 valence electrons. The largest absolute Gasteiger partial charge is 0.453 e. The third-order valence-corrected chi connectivity index (χ3v) is 15.6. The normalized spacial score (nSPS) is 22.3. The number of hydrogen-bond donors (Lipinski definition) is 2. The molecule has 0 bridgehead atoms. The van der Waals surface area contributed by atoms with E-state index in [0.717, 1.165) is 64.7 Å². The summed E-state index contributed by atoms with van der Waals surface area (Å²) in [5.74, 6) is -1.04. The van der Waals surface area contributed by atoms with Crippen molar-refractivity contribution in [2.75, 3.05) is 67.1 Å². The summed E-state index contributed by atoms with van der Waals surface area (Å²) in [7, 11) is 1.77. The number of carbonyl (C=O) groups excluding carboxylic acids is 2. The SMILES string of the molecule is Cn1nc(N2CCC(=O)NC2=O)c2cc(F)c(N3CC4(CC(N5CCC6(CC5)CC(n5cnc7ccc(Oc8c(F)ccc(NSC9CCOCC9)c8C#N)cc7c5=O)CO6)C4)C3)cc21. The molecular formula is C46H48F2N10O6S. The molecule has 3 aromatic carbocycles. The molecule has 5 saturated heterocycles. The Bertz CT molecular complexity index is 2840. The van der Waals surface area contributed by atoms with Crippen LogP contribution in [0.4, 0.5) is 30.8 Å². The summed E-state index contributed by atoms with van der Waals surface area (Å²) in [5, 5.41) is 18.0. The first-order valence-electron chi connectivity index (χ1n) is 22.3. The zero-order valence-corrected chi connectivity index (χ0v) is 36.7. The first-order chi connectivity index (χ1) is 31.5. The van der Waals surface area contributed by atoms with Gasteiger partial charge in [0.15, 0.2) is 17.4 Å². The van der Waals surface area contributed by atoms with Gasteiger partial charge in [-0.2, -0.15) is 10.4 Å². The third kappa shape index (κ3) is 7.53. The van der Waals surface area contributed by atoms with Crippen molar-refractivity contribution in [1.29, 1.82) is 5.26 Å². The average Bonchev–Trinajstić information content (AvgIpc) is 3.83. The van der Waals surface area contributed by atoms with Crippen LogP contribution in [0.25, 0.3) is 21.8 Å². The van der Waals surface area contributed by atoms with Crippen molar-refractivity contribution in [2.45, 2.75) is 74.3 Å². The van der Waals surface area contributed by atoms with Crippen LogP contribution in [0, 0.1) is 28.4 Å². The molecule has 7 heterocycles. The van der Waals surface area contributed by atoms with E-state index in [1.165, 1.54) is 35.0 Å². The summed E-state index contributed by atoms with van der Waals surface area (Å²) in [5.41, 5.74) is 1.79. The highest BCUT2D eigenvalue weighted by Gasteiger charge is 2.55. The first kappa shape index (κ1) is 41.9. The third-order valence-electron chi connectivity index (χ3n) is 14.4. The van der Waals surface area contributed by atoms with E-state index in [1.807, 2.05) is 6.07 Å². The number of nitriles is 1. The Balaban J connectivity index is 0.702. The molecule has 1 saturated carbocycles. The van der Waals surface area contributed by atoms with Crippen LogP contribution in [-0.4, -0.2) is 106 Å². The van der Waals surface area contributed by atoms with E-state index in [2.05, 4.69) is 36.0 Å². The first-order valence-corrected chi connectivity index (χ1v) is 23.2. The highest BCUT2D eigenvalue weighted by molar-refractivity contribution is 8.01. The van der Waals surface area contributed by atoms with Crippen LogP contribution >= 0.6 is 11.9 Å². The van der Waals surface area contributed by atoms with Crippen molar-refractivity contribution in [1.82, 2.24) is 29.5 Å². The molecule has 11 rings (SSSR count). The van der Waals surface area contributed by atoms with Crippen molar-refractivity contribution < 1.29 is 32.6 Å². The van der Waals surface area contributed by atoms with Gasteiger partial charge in [0.1, 0.15) is 23.2 Å². The Morgan fingerprint density at radius 2 is 1.77 bits per heavy atom. The van der Waals surface area contributed by atoms with E-state index >= 15 is 8.78 Å². The Kier molecular flexibility index (Phi) is 10.5. The molecule has 2 aromatic heterocycles. The van der Waals surface area contributed by atoms with Gasteiger partial charge < -0.3 is 28.7 Å². The number of anilines is 3. The molecule has 2 N–H and O–H groups in total. The van der Waals surface area contributed by atoms with Crippen molar-refractivity contribution in [3.63, 3.8) is 0 Å². The van der Waals surface area contributed by atoms with Crippen LogP contribution in [0.5, 0.6) is 11.5 Å². The average molecular weight is 907 g/mol. The molecule has 5 aliphatic heterocycles. The molecule has 65 heavy (non-hydrogen) atoms. The minimum atomic E-state index is -0.686. The van der Waals surface area contributed by atoms with Crippen LogP contribution in [-0.2, 0) is 21.3 Å². The number of halogens is 2. The van der Waals surface area contributed by atoms with E-state index in [0.29, 0.717) is 76.5 Å². The topological polar surface area (TPSA) is 172 Å². The lowest BCUT2D eigenvalue weighted by Crippen LogP contribution is -2.67. The monoisotopic (exact) mass is 906 g/mol. The Labute approximate surface area is 376 Å². The summed E-state index contributed by atoms with van der Waals surface area (Å²) in [4.78, 5) is 48.9. The zero-order valence-electron chi connectivity index (χ0n) is 35.9. The molecule has 19 heteroatoms. The number of aromatic nitrogens is 4. The van der Waals surface area contributed by atoms with Gasteiger partial charge in [-0.15, -0.1) is 0 Å². The fourth-order valence-electron chi connectivity index (χ4n) is 10.8. The second-order valence-electron chi connectivity index (χ2n) is 18.5. The van der Waals surface area contributed by atoms with E-state index in [4.69, 9.17) is 14.2 Å². The van der Waals surface area contributed by atoms with Gasteiger partial charge >= 0.3 is 6.03 Å². The number of hydrogen-bond acceptors (Lipinski definition) is 13. The summed E-state index contributed by atoms with van der Waals surface area (Å²) in [6, 6.07) is 12.7. The van der Waals surface area contributed by atoms with Crippen molar-refractivity contribution in [3.05, 3.63) is 76.3 Å². The molecule has 16 nitrogen and oxygen atoms in total. The van der Waals surface area contributed by atoms with Gasteiger partial charge in [-0.05, 0) is 99.4 Å². The number of nitrogens with zero attached hydrogens (tertiary/aromatic N) is 8. The molecule has 6 fully saturated rings. The lowest BCUT2D eigenvalue weighted by Gasteiger charge is -2.62. The highest BCUT2D eigenvalue weighted by atomic mass is 32.2. The van der Waals surface area contributed by atoms with Gasteiger partial charge in [0.05, 0.1) is 52.4 Å². The van der Waals surface area contributed by atoms with Gasteiger partial charge in [-0.25, -0.2) is 18.6 Å². The number of imide groups is 1. The Morgan fingerprint density at radius 1 is 0.969 bits per heavy atom. The fraction of sp³-hybridized carbons (Fsp3) is 0.478. The lowest BCUT2D eigenvalue weighted by molar-refractivity contribution is -0.120. The van der Waals surface area contributed by atoms with Crippen molar-refractivity contribution in [3.8, 4) is 17.6 Å². The van der Waals surface area contributed by atoms with Gasteiger partial charge in [-0.1, -0.05) is 0 Å². The quantitative estimate of drug-likeness (QED) is 0.156. The van der Waals surface area contributed by atoms with E-state index in [1.54, 1.807) is 40.8 Å². The molecular weight excluding hydrogens is 859 g/mol. The van der Waals surface area contributed by atoms with Crippen LogP contribution in [0.1, 0.15) is 63.0 Å². The molecule has 1 aliphatic carbocycles. The lowest BCUT2D eigenvalue weighted by atomic mass is 9.59. The number of aryl methyl sites for hydroxylation is 1. The molecule has 5 aromatic rings. The number of rotatable bonds is 9. The number of carbonyl (C=O) groups is 2. The fourth-order valence-corrected chi connectivity index (χ4v) is 11.7. The molecule has 2 spiro atoms. The van der Waals surface area contributed by atoms with Gasteiger partial charge in [0.2, 0.25) is 5.91 Å². The Morgan fingerprint density at radius 3 is 2.54 bits per heavy atom. The van der Waals surface area contributed by atoms with Gasteiger partial charge in [-0.3, -0.25) is 29.1 Å². The summed E-state index contributed by atoms with van der Waals surface area (Å²) < 4.78 is 55.4. The summed E-state index contributed by atoms with van der Waals surface area (Å²) in [6.07, 6.45) is 7.99. The van der Waals surface area contributed by atoms with Crippen molar-refractivity contribution in [2.24, 2.45) is 12.5 Å². The number of amides is 3. The predicted molar refractivity (Wildman–Crippen MR) is 239 cm³/mol. The number of benzene rings is 3. The van der Waals surface area contributed by atoms with E-state index < -0.39 is 11.8 Å². The number of ether oxygens (including phenoxy) is 3. The zero-order chi connectivity index (χ0) is 44.6. The minimum absolute atomic E-state index is 0.0375. The molecule has 3 amide bonds. The van der Waals surface area contributed by atoms with E-state index in [9.17, 15) is 19.6 Å². The second kappa shape index (κ2) is 16.3. The number of piperidine rings is 1. The standard InChI is InChI=1S/C46H48F2N10O6S/c1-54-38-18-39(35(48)17-32(38)42(52-54)57-11-6-40(59)51-44(57)61)56-24-45(25-56)19-27(20-45)55-12-9-46(10-13-55)21-28(23-63-46)58-26-50-36-4-2-29(16-31(36)43(58)60)64-41-33(22-49)37(5-3-34(41)47)53-65-30-7-14-62-15-8-30/h2-5,16-18,26-28,30,53H,6-15,19-21,23-25H2,1H3,(H,51,59,61). The molecule has 0 radical (unpaired) electrons. The summed E-state index contributed by atoms with van der Waals surface area (Å²) >= 11 is 1.49. The van der Waals surface area contributed by atoms with E-state index in [-0.39, 0.29) is 64.4 Å². The number of fused-ring (bicyclic) bond motifs is 2. The molecule has 1 atom stereocenters. The van der Waals surface area contributed by atoms with Crippen LogP contribution in [0.3, 0.4) is 0 Å².